The van der Waals surface area contributed by atoms with E-state index in [1.54, 1.807) is 12.1 Å². The Kier molecular flexibility index (Phi) is 3.93. The predicted molar refractivity (Wildman–Crippen MR) is 60.4 cm³/mol. The second-order valence-electron chi connectivity index (χ2n) is 2.45. The molecule has 13 heavy (non-hydrogen) atoms. The first-order valence-corrected chi connectivity index (χ1v) is 5.02. The highest BCUT2D eigenvalue weighted by Gasteiger charge is 2.11. The largest absolute Gasteiger partial charge is 0.103 e. The Hall–Kier alpha value is 0.120. The second-order valence-corrected chi connectivity index (χ2v) is 3.99. The van der Waals surface area contributed by atoms with Gasteiger partial charge >= 0.3 is 0 Å². The number of benzene rings is 1. The summed E-state index contributed by atoms with van der Waals surface area (Å²) in [7, 11) is 0. The first-order chi connectivity index (χ1) is 6.07. The highest BCUT2D eigenvalue weighted by Crippen LogP contribution is 2.38. The fourth-order valence-corrected chi connectivity index (χ4v) is 1.85. The van der Waals surface area contributed by atoms with Crippen molar-refractivity contribution in [2.24, 2.45) is 0 Å². The van der Waals surface area contributed by atoms with Crippen LogP contribution in [-0.2, 0) is 6.42 Å². The number of allylic oxidation sites excluding steroid dienone is 1. The van der Waals surface area contributed by atoms with E-state index in [9.17, 15) is 0 Å². The maximum absolute atomic E-state index is 5.93. The van der Waals surface area contributed by atoms with Crippen molar-refractivity contribution in [1.29, 1.82) is 0 Å². The first kappa shape index (κ1) is 11.2. The van der Waals surface area contributed by atoms with Gasteiger partial charge in [0.1, 0.15) is 0 Å². The standard InChI is InChI=1S/C9H6Cl4/c1-2-3-5-4-6(10)8(12)9(13)7(5)11/h2,4H,1,3H2. The maximum Gasteiger partial charge on any atom is 0.0796 e. The van der Waals surface area contributed by atoms with E-state index in [0.717, 1.165) is 5.56 Å². The molecule has 0 amide bonds. The van der Waals surface area contributed by atoms with Gasteiger partial charge in [0.05, 0.1) is 20.1 Å². The Morgan fingerprint density at radius 2 is 1.69 bits per heavy atom. The van der Waals surface area contributed by atoms with Crippen molar-refractivity contribution in [2.45, 2.75) is 6.42 Å². The fourth-order valence-electron chi connectivity index (χ4n) is 0.926. The SMILES string of the molecule is C=CCc1cc(Cl)c(Cl)c(Cl)c1Cl. The van der Waals surface area contributed by atoms with Crippen LogP contribution in [0.15, 0.2) is 18.7 Å². The van der Waals surface area contributed by atoms with Gasteiger partial charge in [0.2, 0.25) is 0 Å². The van der Waals surface area contributed by atoms with Crippen LogP contribution in [-0.4, -0.2) is 0 Å². The van der Waals surface area contributed by atoms with Crippen LogP contribution in [0.2, 0.25) is 20.1 Å². The zero-order valence-corrected chi connectivity index (χ0v) is 9.60. The van der Waals surface area contributed by atoms with Gasteiger partial charge in [-0.1, -0.05) is 52.5 Å². The van der Waals surface area contributed by atoms with E-state index in [2.05, 4.69) is 6.58 Å². The van der Waals surface area contributed by atoms with Gasteiger partial charge in [-0.2, -0.15) is 0 Å². The van der Waals surface area contributed by atoms with Crippen molar-refractivity contribution in [2.75, 3.05) is 0 Å². The van der Waals surface area contributed by atoms with Crippen molar-refractivity contribution in [3.05, 3.63) is 44.4 Å². The van der Waals surface area contributed by atoms with Crippen LogP contribution in [0.3, 0.4) is 0 Å². The van der Waals surface area contributed by atoms with Crippen molar-refractivity contribution in [3.8, 4) is 0 Å². The molecule has 0 aliphatic heterocycles. The van der Waals surface area contributed by atoms with Crippen LogP contribution >= 0.6 is 46.4 Å². The fraction of sp³-hybridized carbons (Fsp3) is 0.111. The molecule has 4 heteroatoms. The minimum atomic E-state index is 0.293. The van der Waals surface area contributed by atoms with E-state index in [1.165, 1.54) is 0 Å². The smallest absolute Gasteiger partial charge is 0.0796 e. The van der Waals surface area contributed by atoms with E-state index in [0.29, 0.717) is 26.5 Å². The number of rotatable bonds is 2. The summed E-state index contributed by atoms with van der Waals surface area (Å²) in [5.74, 6) is 0. The molecule has 1 rings (SSSR count). The molecular formula is C9H6Cl4. The predicted octanol–water partition coefficient (Wildman–Crippen LogP) is 5.03. The average molecular weight is 256 g/mol. The summed E-state index contributed by atoms with van der Waals surface area (Å²) < 4.78 is 0. The van der Waals surface area contributed by atoms with Gasteiger partial charge in [-0.25, -0.2) is 0 Å². The molecule has 1 aromatic carbocycles. The third-order valence-electron chi connectivity index (χ3n) is 1.54. The van der Waals surface area contributed by atoms with Gasteiger partial charge in [-0.3, -0.25) is 0 Å². The molecule has 0 nitrogen and oxygen atoms in total. The van der Waals surface area contributed by atoms with Gasteiger partial charge in [0, 0.05) is 0 Å². The van der Waals surface area contributed by atoms with Crippen molar-refractivity contribution in [3.63, 3.8) is 0 Å². The molecule has 0 heterocycles. The molecule has 0 saturated carbocycles. The lowest BCUT2D eigenvalue weighted by atomic mass is 10.1. The van der Waals surface area contributed by atoms with Gasteiger partial charge in [-0.15, -0.1) is 6.58 Å². The Bertz CT molecular complexity index is 344. The van der Waals surface area contributed by atoms with Gasteiger partial charge in [-0.05, 0) is 18.1 Å². The number of hydrogen-bond acceptors (Lipinski definition) is 0. The molecule has 70 valence electrons. The van der Waals surface area contributed by atoms with Crippen molar-refractivity contribution in [1.82, 2.24) is 0 Å². The molecule has 0 bridgehead atoms. The summed E-state index contributed by atoms with van der Waals surface area (Å²) in [5.41, 5.74) is 0.830. The maximum atomic E-state index is 5.93. The summed E-state index contributed by atoms with van der Waals surface area (Å²) in [4.78, 5) is 0. The van der Waals surface area contributed by atoms with E-state index in [-0.39, 0.29) is 0 Å². The highest BCUT2D eigenvalue weighted by molar-refractivity contribution is 6.51. The van der Waals surface area contributed by atoms with Crippen molar-refractivity contribution < 1.29 is 0 Å². The molecule has 0 radical (unpaired) electrons. The summed E-state index contributed by atoms with van der Waals surface area (Å²) in [5, 5.41) is 1.44. The van der Waals surface area contributed by atoms with Gasteiger partial charge in [0.25, 0.3) is 0 Å². The Labute approximate surface area is 97.0 Å². The van der Waals surface area contributed by atoms with Gasteiger partial charge < -0.3 is 0 Å². The minimum Gasteiger partial charge on any atom is -0.103 e. The van der Waals surface area contributed by atoms with E-state index < -0.39 is 0 Å². The second kappa shape index (κ2) is 4.56. The Morgan fingerprint density at radius 3 is 2.23 bits per heavy atom. The molecule has 0 atom stereocenters. The zero-order chi connectivity index (χ0) is 10.0. The number of hydrogen-bond donors (Lipinski definition) is 0. The monoisotopic (exact) mass is 254 g/mol. The number of halogens is 4. The third kappa shape index (κ3) is 2.32. The molecule has 0 aliphatic rings. The lowest BCUT2D eigenvalue weighted by Crippen LogP contribution is -1.85. The highest BCUT2D eigenvalue weighted by atomic mass is 35.5. The normalized spacial score (nSPS) is 10.2. The Balaban J connectivity index is 3.31. The molecule has 0 aromatic heterocycles. The Morgan fingerprint density at radius 1 is 1.08 bits per heavy atom. The molecule has 1 aromatic rings. The summed E-state index contributed by atoms with van der Waals surface area (Å²) in [6.07, 6.45) is 2.34. The van der Waals surface area contributed by atoms with Crippen LogP contribution < -0.4 is 0 Å². The molecule has 0 fully saturated rings. The summed E-state index contributed by atoms with van der Waals surface area (Å²) >= 11 is 23.4. The molecule has 0 saturated heterocycles. The minimum absolute atomic E-state index is 0.293. The quantitative estimate of drug-likeness (QED) is 0.395. The van der Waals surface area contributed by atoms with Crippen LogP contribution in [0.4, 0.5) is 0 Å². The lowest BCUT2D eigenvalue weighted by molar-refractivity contribution is 1.28. The summed E-state index contributed by atoms with van der Waals surface area (Å²) in [6.45, 7) is 3.60. The molecule has 0 aliphatic carbocycles. The lowest BCUT2D eigenvalue weighted by Gasteiger charge is -2.06. The van der Waals surface area contributed by atoms with Crippen LogP contribution in [0.25, 0.3) is 0 Å². The molecular weight excluding hydrogens is 250 g/mol. The topological polar surface area (TPSA) is 0 Å². The zero-order valence-electron chi connectivity index (χ0n) is 6.58. The first-order valence-electron chi connectivity index (χ1n) is 3.50. The van der Waals surface area contributed by atoms with E-state index in [4.69, 9.17) is 46.4 Å². The molecule has 0 N–H and O–H groups in total. The summed E-state index contributed by atoms with van der Waals surface area (Å²) in [6, 6.07) is 1.69. The van der Waals surface area contributed by atoms with Crippen molar-refractivity contribution >= 4 is 46.4 Å². The van der Waals surface area contributed by atoms with E-state index >= 15 is 0 Å². The molecule has 0 spiro atoms. The van der Waals surface area contributed by atoms with E-state index in [1.807, 2.05) is 0 Å². The molecule has 0 unspecified atom stereocenters. The van der Waals surface area contributed by atoms with Crippen LogP contribution in [0, 0.1) is 0 Å². The van der Waals surface area contributed by atoms with Gasteiger partial charge in [0.15, 0.2) is 0 Å². The van der Waals surface area contributed by atoms with Crippen LogP contribution in [0.1, 0.15) is 5.56 Å². The van der Waals surface area contributed by atoms with Crippen LogP contribution in [0.5, 0.6) is 0 Å². The average Bonchev–Trinajstić information content (AvgIpc) is 2.11. The third-order valence-corrected chi connectivity index (χ3v) is 3.33.